The Labute approximate surface area is 154 Å². The molecular weight excluding hydrogens is 324 g/mol. The van der Waals surface area contributed by atoms with Crippen LogP contribution >= 0.6 is 0 Å². The molecular formula is C22H26N2O2. The third kappa shape index (κ3) is 3.52. The summed E-state index contributed by atoms with van der Waals surface area (Å²) in [6.07, 6.45) is 5.47. The fourth-order valence-electron chi connectivity index (χ4n) is 3.39. The Balaban J connectivity index is 2.11. The fourth-order valence-corrected chi connectivity index (χ4v) is 3.39. The van der Waals surface area contributed by atoms with E-state index >= 15 is 0 Å². The highest BCUT2D eigenvalue weighted by molar-refractivity contribution is 5.73. The first-order valence-corrected chi connectivity index (χ1v) is 8.89. The Morgan fingerprint density at radius 1 is 0.885 bits per heavy atom. The minimum atomic E-state index is -0.318. The number of hydrogen-bond donors (Lipinski definition) is 4. The topological polar surface area (TPSA) is 92.5 Å². The van der Waals surface area contributed by atoms with Gasteiger partial charge in [0.2, 0.25) is 0 Å². The van der Waals surface area contributed by atoms with Crippen molar-refractivity contribution >= 4 is 12.2 Å². The lowest BCUT2D eigenvalue weighted by Gasteiger charge is -2.31. The Kier molecular flexibility index (Phi) is 5.16. The number of aromatic hydroxyl groups is 2. The Hall–Kier alpha value is -2.56. The zero-order chi connectivity index (χ0) is 18.8. The normalized spacial score (nSPS) is 23.5. The predicted octanol–water partition coefficient (Wildman–Crippen LogP) is 3.63. The molecule has 1 fully saturated rings. The lowest BCUT2D eigenvalue weighted by molar-refractivity contribution is 0.468. The van der Waals surface area contributed by atoms with Gasteiger partial charge in [-0.1, -0.05) is 36.4 Å². The lowest BCUT2D eigenvalue weighted by Crippen LogP contribution is -2.45. The summed E-state index contributed by atoms with van der Waals surface area (Å²) in [7, 11) is 0. The van der Waals surface area contributed by atoms with Crippen LogP contribution in [0.5, 0.6) is 11.5 Å². The van der Waals surface area contributed by atoms with Gasteiger partial charge in [0.25, 0.3) is 0 Å². The molecule has 0 bridgehead atoms. The van der Waals surface area contributed by atoms with Gasteiger partial charge in [-0.05, 0) is 61.1 Å². The maximum Gasteiger partial charge on any atom is 0.125 e. The van der Waals surface area contributed by atoms with Crippen LogP contribution in [0, 0.1) is 13.8 Å². The largest absolute Gasteiger partial charge is 0.507 e. The molecule has 2 aromatic carbocycles. The second-order valence-corrected chi connectivity index (χ2v) is 7.02. The highest BCUT2D eigenvalue weighted by atomic mass is 16.3. The average Bonchev–Trinajstić information content (AvgIpc) is 2.62. The first-order chi connectivity index (χ1) is 12.4. The van der Waals surface area contributed by atoms with Gasteiger partial charge in [0.15, 0.2) is 0 Å². The van der Waals surface area contributed by atoms with E-state index in [4.69, 9.17) is 11.5 Å². The Morgan fingerprint density at radius 3 is 2.00 bits per heavy atom. The van der Waals surface area contributed by atoms with Crippen molar-refractivity contribution in [1.82, 2.24) is 0 Å². The van der Waals surface area contributed by atoms with Crippen LogP contribution < -0.4 is 11.5 Å². The number of nitrogens with two attached hydrogens (primary N) is 2. The highest BCUT2D eigenvalue weighted by Crippen LogP contribution is 2.35. The third-order valence-corrected chi connectivity index (χ3v) is 5.12. The Bertz CT molecular complexity index is 884. The molecule has 1 aliphatic rings. The van der Waals surface area contributed by atoms with Crippen molar-refractivity contribution in [3.63, 3.8) is 0 Å². The maximum atomic E-state index is 10.4. The van der Waals surface area contributed by atoms with E-state index in [2.05, 4.69) is 0 Å². The molecule has 2 unspecified atom stereocenters. The van der Waals surface area contributed by atoms with Crippen molar-refractivity contribution < 1.29 is 10.2 Å². The smallest absolute Gasteiger partial charge is 0.125 e. The Morgan fingerprint density at radius 2 is 1.42 bits per heavy atom. The van der Waals surface area contributed by atoms with Gasteiger partial charge >= 0.3 is 0 Å². The number of phenolic OH excluding ortho intramolecular Hbond substituents is 2. The van der Waals surface area contributed by atoms with Gasteiger partial charge in [0.05, 0.1) is 0 Å². The quantitative estimate of drug-likeness (QED) is 0.665. The van der Waals surface area contributed by atoms with Crippen LogP contribution in [0.25, 0.3) is 12.2 Å². The van der Waals surface area contributed by atoms with E-state index in [9.17, 15) is 10.2 Å². The number of rotatable bonds is 2. The van der Waals surface area contributed by atoms with E-state index in [-0.39, 0.29) is 23.6 Å². The van der Waals surface area contributed by atoms with Crippen molar-refractivity contribution in [2.45, 2.75) is 38.8 Å². The molecule has 1 saturated carbocycles. The second-order valence-electron chi connectivity index (χ2n) is 7.02. The zero-order valence-electron chi connectivity index (χ0n) is 15.2. The molecule has 136 valence electrons. The molecule has 0 saturated heterocycles. The molecule has 0 spiro atoms. The van der Waals surface area contributed by atoms with E-state index in [0.29, 0.717) is 0 Å². The third-order valence-electron chi connectivity index (χ3n) is 5.12. The van der Waals surface area contributed by atoms with E-state index in [0.717, 1.165) is 46.2 Å². The van der Waals surface area contributed by atoms with Crippen LogP contribution in [0.3, 0.4) is 0 Å². The van der Waals surface area contributed by atoms with Gasteiger partial charge in [-0.3, -0.25) is 0 Å². The summed E-state index contributed by atoms with van der Waals surface area (Å²) in [5, 5.41) is 20.7. The molecule has 2 aromatic rings. The van der Waals surface area contributed by atoms with Gasteiger partial charge < -0.3 is 21.7 Å². The molecule has 0 aromatic heterocycles. The number of benzene rings is 2. The van der Waals surface area contributed by atoms with Crippen molar-refractivity contribution in [1.29, 1.82) is 0 Å². The first-order valence-electron chi connectivity index (χ1n) is 8.89. The number of phenols is 2. The van der Waals surface area contributed by atoms with Gasteiger partial charge in [-0.25, -0.2) is 0 Å². The lowest BCUT2D eigenvalue weighted by atomic mass is 9.81. The van der Waals surface area contributed by atoms with Crippen molar-refractivity contribution in [3.05, 3.63) is 69.8 Å². The van der Waals surface area contributed by atoms with Crippen LogP contribution in [0.2, 0.25) is 0 Å². The van der Waals surface area contributed by atoms with Gasteiger partial charge in [-0.15, -0.1) is 0 Å². The summed E-state index contributed by atoms with van der Waals surface area (Å²) < 4.78 is 0. The summed E-state index contributed by atoms with van der Waals surface area (Å²) in [5.74, 6) is 0.533. The van der Waals surface area contributed by atoms with Crippen molar-refractivity contribution in [2.75, 3.05) is 0 Å². The van der Waals surface area contributed by atoms with Gasteiger partial charge in [-0.2, -0.15) is 0 Å². The van der Waals surface area contributed by atoms with Gasteiger partial charge in [0, 0.05) is 23.2 Å². The molecule has 4 nitrogen and oxygen atoms in total. The second kappa shape index (κ2) is 7.36. The molecule has 0 aliphatic heterocycles. The highest BCUT2D eigenvalue weighted by Gasteiger charge is 2.27. The van der Waals surface area contributed by atoms with Crippen LogP contribution in [-0.4, -0.2) is 22.3 Å². The average molecular weight is 350 g/mol. The molecule has 26 heavy (non-hydrogen) atoms. The molecule has 2 atom stereocenters. The van der Waals surface area contributed by atoms with Crippen LogP contribution in [0.1, 0.15) is 35.1 Å². The molecule has 6 N–H and O–H groups in total. The minimum Gasteiger partial charge on any atom is -0.507 e. The number of para-hydroxylation sites is 2. The monoisotopic (exact) mass is 350 g/mol. The maximum absolute atomic E-state index is 10.4. The van der Waals surface area contributed by atoms with Crippen molar-refractivity contribution in [3.8, 4) is 11.5 Å². The summed E-state index contributed by atoms with van der Waals surface area (Å²) in [5.41, 5.74) is 17.7. The molecule has 4 heteroatoms. The van der Waals surface area contributed by atoms with E-state index in [1.54, 1.807) is 0 Å². The van der Waals surface area contributed by atoms with E-state index in [1.165, 1.54) is 0 Å². The molecule has 3 rings (SSSR count). The minimum absolute atomic E-state index is 0.128. The van der Waals surface area contributed by atoms with Crippen LogP contribution in [0.15, 0.2) is 47.5 Å². The van der Waals surface area contributed by atoms with E-state index < -0.39 is 0 Å². The molecule has 0 amide bonds. The SMILES string of the molecule is Cc1cccc(C=C2CCC(N)C(N)C2=Cc2cccc(C)c2O)c1O. The molecule has 0 radical (unpaired) electrons. The molecule has 0 heterocycles. The predicted molar refractivity (Wildman–Crippen MR) is 107 cm³/mol. The van der Waals surface area contributed by atoms with E-state index in [1.807, 2.05) is 62.4 Å². The summed E-state index contributed by atoms with van der Waals surface area (Å²) in [6, 6.07) is 10.9. The standard InChI is InChI=1S/C22H26N2O2/c1-13-5-3-7-16(21(13)25)11-15-9-10-19(23)20(24)18(15)12-17-8-4-6-14(2)22(17)26/h3-8,11-12,19-20,25-26H,9-10,23-24H2,1-2H3. The summed E-state index contributed by atoms with van der Waals surface area (Å²) in [6.45, 7) is 3.74. The summed E-state index contributed by atoms with van der Waals surface area (Å²) >= 11 is 0. The van der Waals surface area contributed by atoms with Crippen LogP contribution in [0.4, 0.5) is 0 Å². The first kappa shape index (κ1) is 18.2. The summed E-state index contributed by atoms with van der Waals surface area (Å²) in [4.78, 5) is 0. The number of aryl methyl sites for hydroxylation is 2. The molecule has 1 aliphatic carbocycles. The van der Waals surface area contributed by atoms with Crippen LogP contribution in [-0.2, 0) is 0 Å². The van der Waals surface area contributed by atoms with Crippen molar-refractivity contribution in [2.24, 2.45) is 11.5 Å². The zero-order valence-corrected chi connectivity index (χ0v) is 15.2. The fraction of sp³-hybridized carbons (Fsp3) is 0.273. The van der Waals surface area contributed by atoms with Gasteiger partial charge in [0.1, 0.15) is 11.5 Å². The number of hydrogen-bond acceptors (Lipinski definition) is 4.